The summed E-state index contributed by atoms with van der Waals surface area (Å²) in [7, 11) is 1.66. The molecule has 0 saturated heterocycles. The molecule has 0 aliphatic rings. The van der Waals surface area contributed by atoms with Crippen molar-refractivity contribution in [3.8, 4) is 0 Å². The number of rotatable bonds is 1. The van der Waals surface area contributed by atoms with Gasteiger partial charge in [0.15, 0.2) is 0 Å². The quantitative estimate of drug-likeness (QED) is 0.617. The van der Waals surface area contributed by atoms with E-state index in [1.54, 1.807) is 19.3 Å². The smallest absolute Gasteiger partial charge is 0.273 e. The summed E-state index contributed by atoms with van der Waals surface area (Å²) in [6.07, 6.45) is 1.70. The van der Waals surface area contributed by atoms with Crippen molar-refractivity contribution in [2.24, 2.45) is 12.8 Å². The van der Waals surface area contributed by atoms with Crippen LogP contribution in [0.15, 0.2) is 17.1 Å². The minimum atomic E-state index is -0.181. The van der Waals surface area contributed by atoms with Crippen molar-refractivity contribution in [3.05, 3.63) is 28.2 Å². The van der Waals surface area contributed by atoms with Gasteiger partial charge in [-0.25, -0.2) is 0 Å². The standard InChI is InChI=1S/C8H13N3O/c1-5(9)6-3-7(10)8(12)11(2)4-6/h3-5H,9-10H2,1-2H3. The van der Waals surface area contributed by atoms with E-state index in [0.717, 1.165) is 5.56 Å². The van der Waals surface area contributed by atoms with Crippen LogP contribution in [0, 0.1) is 0 Å². The predicted octanol–water partition coefficient (Wildman–Crippen LogP) is -0.0128. The summed E-state index contributed by atoms with van der Waals surface area (Å²) in [6.45, 7) is 1.85. The van der Waals surface area contributed by atoms with E-state index in [1.807, 2.05) is 6.92 Å². The molecule has 4 nitrogen and oxygen atoms in total. The van der Waals surface area contributed by atoms with Crippen LogP contribution in [-0.2, 0) is 7.05 Å². The summed E-state index contributed by atoms with van der Waals surface area (Å²) in [5.74, 6) is 0. The number of nitrogen functional groups attached to an aromatic ring is 1. The highest BCUT2D eigenvalue weighted by Crippen LogP contribution is 2.08. The number of aromatic nitrogens is 1. The molecule has 0 amide bonds. The summed E-state index contributed by atoms with van der Waals surface area (Å²) in [5, 5.41) is 0. The molecule has 0 saturated carbocycles. The van der Waals surface area contributed by atoms with Crippen LogP contribution >= 0.6 is 0 Å². The highest BCUT2D eigenvalue weighted by atomic mass is 16.1. The van der Waals surface area contributed by atoms with E-state index in [2.05, 4.69) is 0 Å². The summed E-state index contributed by atoms with van der Waals surface area (Å²) in [6, 6.07) is 1.52. The first-order valence-corrected chi connectivity index (χ1v) is 3.74. The van der Waals surface area contributed by atoms with Gasteiger partial charge in [0.2, 0.25) is 0 Å². The van der Waals surface area contributed by atoms with Gasteiger partial charge in [0.25, 0.3) is 5.56 Å². The van der Waals surface area contributed by atoms with Crippen LogP contribution in [0.3, 0.4) is 0 Å². The monoisotopic (exact) mass is 167 g/mol. The zero-order valence-electron chi connectivity index (χ0n) is 7.24. The van der Waals surface area contributed by atoms with Gasteiger partial charge >= 0.3 is 0 Å². The van der Waals surface area contributed by atoms with Crippen molar-refractivity contribution in [2.45, 2.75) is 13.0 Å². The Balaban J connectivity index is 3.31. The fraction of sp³-hybridized carbons (Fsp3) is 0.375. The molecule has 0 aliphatic carbocycles. The lowest BCUT2D eigenvalue weighted by Gasteiger charge is -2.08. The highest BCUT2D eigenvalue weighted by molar-refractivity contribution is 5.38. The Morgan fingerprint density at radius 2 is 2.17 bits per heavy atom. The van der Waals surface area contributed by atoms with E-state index in [9.17, 15) is 4.79 Å². The molecule has 66 valence electrons. The van der Waals surface area contributed by atoms with Crippen LogP contribution in [0.1, 0.15) is 18.5 Å². The lowest BCUT2D eigenvalue weighted by atomic mass is 10.1. The molecule has 1 unspecified atom stereocenters. The van der Waals surface area contributed by atoms with Crippen molar-refractivity contribution in [2.75, 3.05) is 5.73 Å². The topological polar surface area (TPSA) is 74.0 Å². The molecule has 4 heteroatoms. The molecule has 0 aromatic carbocycles. The van der Waals surface area contributed by atoms with Crippen LogP contribution in [0.25, 0.3) is 0 Å². The number of aryl methyl sites for hydroxylation is 1. The number of anilines is 1. The lowest BCUT2D eigenvalue weighted by Crippen LogP contribution is -2.21. The van der Waals surface area contributed by atoms with E-state index in [0.29, 0.717) is 0 Å². The molecule has 1 aromatic rings. The Hall–Kier alpha value is -1.29. The second-order valence-electron chi connectivity index (χ2n) is 2.93. The van der Waals surface area contributed by atoms with E-state index < -0.39 is 0 Å². The van der Waals surface area contributed by atoms with Gasteiger partial charge in [0, 0.05) is 19.3 Å². The Labute approximate surface area is 70.8 Å². The molecule has 0 fully saturated rings. The SMILES string of the molecule is CC(N)c1cc(N)c(=O)n(C)c1. The number of pyridine rings is 1. The average Bonchev–Trinajstić information content (AvgIpc) is 1.99. The Bertz CT molecular complexity index is 314. The first-order valence-electron chi connectivity index (χ1n) is 3.74. The fourth-order valence-corrected chi connectivity index (χ4v) is 1.01. The first-order chi connectivity index (χ1) is 5.52. The van der Waals surface area contributed by atoms with Crippen LogP contribution in [-0.4, -0.2) is 4.57 Å². The maximum absolute atomic E-state index is 11.1. The zero-order valence-corrected chi connectivity index (χ0v) is 7.24. The van der Waals surface area contributed by atoms with Gasteiger partial charge in [-0.05, 0) is 18.6 Å². The van der Waals surface area contributed by atoms with Crippen molar-refractivity contribution >= 4 is 5.69 Å². The Morgan fingerprint density at radius 1 is 1.58 bits per heavy atom. The van der Waals surface area contributed by atoms with Crippen molar-refractivity contribution in [3.63, 3.8) is 0 Å². The normalized spacial score (nSPS) is 12.9. The second-order valence-corrected chi connectivity index (χ2v) is 2.93. The van der Waals surface area contributed by atoms with E-state index in [-0.39, 0.29) is 17.3 Å². The number of nitrogens with zero attached hydrogens (tertiary/aromatic N) is 1. The second kappa shape index (κ2) is 2.98. The maximum Gasteiger partial charge on any atom is 0.273 e. The van der Waals surface area contributed by atoms with Crippen molar-refractivity contribution in [1.82, 2.24) is 4.57 Å². The molecule has 0 radical (unpaired) electrons. The van der Waals surface area contributed by atoms with Crippen LogP contribution < -0.4 is 17.0 Å². The first kappa shape index (κ1) is 8.80. The molecule has 12 heavy (non-hydrogen) atoms. The number of hydrogen-bond donors (Lipinski definition) is 2. The van der Waals surface area contributed by atoms with Gasteiger partial charge in [0.1, 0.15) is 0 Å². The van der Waals surface area contributed by atoms with Crippen molar-refractivity contribution < 1.29 is 0 Å². The molecule has 0 bridgehead atoms. The third kappa shape index (κ3) is 1.48. The molecule has 1 rings (SSSR count). The molecule has 1 heterocycles. The zero-order chi connectivity index (χ0) is 9.30. The van der Waals surface area contributed by atoms with Gasteiger partial charge in [-0.1, -0.05) is 0 Å². The molecule has 1 aromatic heterocycles. The molecule has 1 atom stereocenters. The minimum Gasteiger partial charge on any atom is -0.394 e. The van der Waals surface area contributed by atoms with Crippen LogP contribution in [0.4, 0.5) is 5.69 Å². The van der Waals surface area contributed by atoms with Crippen LogP contribution in [0.2, 0.25) is 0 Å². The number of hydrogen-bond acceptors (Lipinski definition) is 3. The average molecular weight is 167 g/mol. The van der Waals surface area contributed by atoms with Crippen molar-refractivity contribution in [1.29, 1.82) is 0 Å². The highest BCUT2D eigenvalue weighted by Gasteiger charge is 2.03. The van der Waals surface area contributed by atoms with Gasteiger partial charge in [-0.2, -0.15) is 0 Å². The van der Waals surface area contributed by atoms with E-state index in [4.69, 9.17) is 11.5 Å². The summed E-state index contributed by atoms with van der Waals surface area (Å²) >= 11 is 0. The summed E-state index contributed by atoms with van der Waals surface area (Å²) < 4.78 is 1.44. The van der Waals surface area contributed by atoms with Gasteiger partial charge in [0.05, 0.1) is 5.69 Å². The predicted molar refractivity (Wildman–Crippen MR) is 48.7 cm³/mol. The van der Waals surface area contributed by atoms with E-state index in [1.165, 1.54) is 4.57 Å². The molecular formula is C8H13N3O. The minimum absolute atomic E-state index is 0.0981. The van der Waals surface area contributed by atoms with Gasteiger partial charge in [-0.15, -0.1) is 0 Å². The molecular weight excluding hydrogens is 154 g/mol. The molecule has 0 spiro atoms. The Kier molecular flexibility index (Phi) is 2.19. The van der Waals surface area contributed by atoms with Crippen LogP contribution in [0.5, 0.6) is 0 Å². The third-order valence-electron chi connectivity index (χ3n) is 1.76. The molecule has 0 aliphatic heterocycles. The Morgan fingerprint density at radius 3 is 2.58 bits per heavy atom. The molecule has 4 N–H and O–H groups in total. The maximum atomic E-state index is 11.1. The number of nitrogens with two attached hydrogens (primary N) is 2. The lowest BCUT2D eigenvalue weighted by molar-refractivity contribution is 0.772. The summed E-state index contributed by atoms with van der Waals surface area (Å²) in [5.41, 5.74) is 12.0. The van der Waals surface area contributed by atoms with E-state index >= 15 is 0 Å². The van der Waals surface area contributed by atoms with Gasteiger partial charge < -0.3 is 16.0 Å². The summed E-state index contributed by atoms with van der Waals surface area (Å²) in [4.78, 5) is 11.1. The van der Waals surface area contributed by atoms with Gasteiger partial charge in [-0.3, -0.25) is 4.79 Å². The third-order valence-corrected chi connectivity index (χ3v) is 1.76. The fourth-order valence-electron chi connectivity index (χ4n) is 1.01. The largest absolute Gasteiger partial charge is 0.394 e.